The predicted molar refractivity (Wildman–Crippen MR) is 73.0 cm³/mol. The third-order valence-corrected chi connectivity index (χ3v) is 3.60. The third-order valence-electron chi connectivity index (χ3n) is 3.60. The second-order valence-electron chi connectivity index (χ2n) is 5.25. The molecule has 1 aliphatic heterocycles. The minimum Gasteiger partial charge on any atom is -0.300 e. The van der Waals surface area contributed by atoms with Crippen LogP contribution in [0.2, 0.25) is 0 Å². The van der Waals surface area contributed by atoms with Gasteiger partial charge in [0, 0.05) is 25.7 Å². The van der Waals surface area contributed by atoms with Crippen LogP contribution >= 0.6 is 0 Å². The fraction of sp³-hybridized carbons (Fsp3) is 0.600. The van der Waals surface area contributed by atoms with Crippen molar-refractivity contribution in [3.63, 3.8) is 0 Å². The van der Waals surface area contributed by atoms with Crippen molar-refractivity contribution in [2.75, 3.05) is 26.2 Å². The van der Waals surface area contributed by atoms with Gasteiger partial charge in [0.15, 0.2) is 0 Å². The Hall–Kier alpha value is -0.860. The molecule has 94 valence electrons. The largest absolute Gasteiger partial charge is 0.300 e. The van der Waals surface area contributed by atoms with Gasteiger partial charge >= 0.3 is 0 Å². The van der Waals surface area contributed by atoms with Gasteiger partial charge in [0.05, 0.1) is 0 Å². The van der Waals surface area contributed by atoms with E-state index in [1.807, 2.05) is 0 Å². The lowest BCUT2D eigenvalue weighted by molar-refractivity contribution is 0.218. The SMILES string of the molecule is CC(C)N1CCCN(Cc2ccccc2)CC1. The van der Waals surface area contributed by atoms with Crippen molar-refractivity contribution >= 4 is 0 Å². The van der Waals surface area contributed by atoms with Gasteiger partial charge in [-0.25, -0.2) is 0 Å². The zero-order chi connectivity index (χ0) is 12.1. The lowest BCUT2D eigenvalue weighted by Gasteiger charge is -2.24. The smallest absolute Gasteiger partial charge is 0.0234 e. The summed E-state index contributed by atoms with van der Waals surface area (Å²) in [5, 5.41) is 0. The molecule has 0 radical (unpaired) electrons. The summed E-state index contributed by atoms with van der Waals surface area (Å²) < 4.78 is 0. The van der Waals surface area contributed by atoms with Gasteiger partial charge in [0.25, 0.3) is 0 Å². The summed E-state index contributed by atoms with van der Waals surface area (Å²) in [6.45, 7) is 10.6. The van der Waals surface area contributed by atoms with Crippen molar-refractivity contribution in [1.29, 1.82) is 0 Å². The van der Waals surface area contributed by atoms with E-state index in [9.17, 15) is 0 Å². The van der Waals surface area contributed by atoms with E-state index in [1.54, 1.807) is 0 Å². The maximum atomic E-state index is 2.59. The highest BCUT2D eigenvalue weighted by molar-refractivity contribution is 5.14. The molecule has 0 unspecified atom stereocenters. The Labute approximate surface area is 105 Å². The highest BCUT2D eigenvalue weighted by Gasteiger charge is 2.16. The first kappa shape index (κ1) is 12.6. The molecule has 1 aromatic carbocycles. The number of hydrogen-bond donors (Lipinski definition) is 0. The second-order valence-corrected chi connectivity index (χ2v) is 5.25. The second kappa shape index (κ2) is 6.18. The molecule has 2 rings (SSSR count). The van der Waals surface area contributed by atoms with Crippen LogP contribution in [-0.4, -0.2) is 42.0 Å². The molecule has 0 aromatic heterocycles. The topological polar surface area (TPSA) is 6.48 Å². The Morgan fingerprint density at radius 1 is 1.00 bits per heavy atom. The van der Waals surface area contributed by atoms with Crippen LogP contribution in [0.4, 0.5) is 0 Å². The fourth-order valence-electron chi connectivity index (χ4n) is 2.51. The molecule has 0 N–H and O–H groups in total. The Morgan fingerprint density at radius 3 is 2.47 bits per heavy atom. The van der Waals surface area contributed by atoms with Crippen molar-refractivity contribution in [3.05, 3.63) is 35.9 Å². The number of hydrogen-bond acceptors (Lipinski definition) is 2. The molecule has 0 aliphatic carbocycles. The van der Waals surface area contributed by atoms with E-state index >= 15 is 0 Å². The van der Waals surface area contributed by atoms with E-state index in [1.165, 1.54) is 38.2 Å². The Bertz CT molecular complexity index is 321. The van der Waals surface area contributed by atoms with Crippen LogP contribution in [0.25, 0.3) is 0 Å². The van der Waals surface area contributed by atoms with Gasteiger partial charge in [-0.15, -0.1) is 0 Å². The standard InChI is InChI=1S/C15H24N2/c1-14(2)17-10-6-9-16(11-12-17)13-15-7-4-3-5-8-15/h3-5,7-8,14H,6,9-13H2,1-2H3. The molecule has 0 bridgehead atoms. The van der Waals surface area contributed by atoms with Crippen LogP contribution in [0, 0.1) is 0 Å². The molecule has 17 heavy (non-hydrogen) atoms. The van der Waals surface area contributed by atoms with E-state index in [4.69, 9.17) is 0 Å². The molecular weight excluding hydrogens is 208 g/mol. The van der Waals surface area contributed by atoms with Crippen LogP contribution in [-0.2, 0) is 6.54 Å². The van der Waals surface area contributed by atoms with Gasteiger partial charge in [-0.05, 0) is 38.9 Å². The molecule has 2 nitrogen and oxygen atoms in total. The van der Waals surface area contributed by atoms with Crippen molar-refractivity contribution in [2.24, 2.45) is 0 Å². The summed E-state index contributed by atoms with van der Waals surface area (Å²) in [4.78, 5) is 5.17. The predicted octanol–water partition coefficient (Wildman–Crippen LogP) is 2.60. The van der Waals surface area contributed by atoms with Crippen molar-refractivity contribution in [2.45, 2.75) is 32.9 Å². The Balaban J connectivity index is 1.87. The number of benzene rings is 1. The quantitative estimate of drug-likeness (QED) is 0.790. The lowest BCUT2D eigenvalue weighted by Crippen LogP contribution is -2.34. The minimum atomic E-state index is 0.687. The maximum Gasteiger partial charge on any atom is 0.0234 e. The summed E-state index contributed by atoms with van der Waals surface area (Å²) in [7, 11) is 0. The molecule has 2 heteroatoms. The van der Waals surface area contributed by atoms with Gasteiger partial charge in [-0.1, -0.05) is 30.3 Å². The maximum absolute atomic E-state index is 2.59. The summed E-state index contributed by atoms with van der Waals surface area (Å²) in [5.41, 5.74) is 1.44. The molecule has 1 saturated heterocycles. The van der Waals surface area contributed by atoms with E-state index in [-0.39, 0.29) is 0 Å². The highest BCUT2D eigenvalue weighted by Crippen LogP contribution is 2.10. The normalized spacial score (nSPS) is 19.5. The van der Waals surface area contributed by atoms with Gasteiger partial charge in [0.1, 0.15) is 0 Å². The molecule has 0 amide bonds. The van der Waals surface area contributed by atoms with Crippen molar-refractivity contribution < 1.29 is 0 Å². The lowest BCUT2D eigenvalue weighted by atomic mass is 10.2. The number of nitrogens with zero attached hydrogens (tertiary/aromatic N) is 2. The first-order chi connectivity index (χ1) is 8.25. The van der Waals surface area contributed by atoms with Gasteiger partial charge in [-0.3, -0.25) is 9.80 Å². The molecule has 1 aromatic rings. The zero-order valence-electron chi connectivity index (χ0n) is 11.1. The number of rotatable bonds is 3. The van der Waals surface area contributed by atoms with E-state index < -0.39 is 0 Å². The summed E-state index contributed by atoms with van der Waals surface area (Å²) in [5.74, 6) is 0. The first-order valence-electron chi connectivity index (χ1n) is 6.76. The van der Waals surface area contributed by atoms with Gasteiger partial charge in [-0.2, -0.15) is 0 Å². The van der Waals surface area contributed by atoms with E-state index in [0.29, 0.717) is 6.04 Å². The average Bonchev–Trinajstić information content (AvgIpc) is 2.56. The Kier molecular flexibility index (Phi) is 4.57. The van der Waals surface area contributed by atoms with Crippen LogP contribution in [0.1, 0.15) is 25.8 Å². The Morgan fingerprint density at radius 2 is 1.76 bits per heavy atom. The van der Waals surface area contributed by atoms with Crippen LogP contribution in [0.3, 0.4) is 0 Å². The average molecular weight is 232 g/mol. The zero-order valence-corrected chi connectivity index (χ0v) is 11.1. The van der Waals surface area contributed by atoms with Crippen LogP contribution in [0.5, 0.6) is 0 Å². The molecule has 0 atom stereocenters. The summed E-state index contributed by atoms with van der Waals surface area (Å²) in [6.07, 6.45) is 1.30. The van der Waals surface area contributed by atoms with E-state index in [0.717, 1.165) is 6.54 Å². The molecule has 0 spiro atoms. The van der Waals surface area contributed by atoms with Gasteiger partial charge in [0.2, 0.25) is 0 Å². The molecule has 0 saturated carbocycles. The van der Waals surface area contributed by atoms with Crippen molar-refractivity contribution in [3.8, 4) is 0 Å². The molecule has 1 fully saturated rings. The summed E-state index contributed by atoms with van der Waals surface area (Å²) in [6, 6.07) is 11.5. The van der Waals surface area contributed by atoms with Crippen LogP contribution in [0.15, 0.2) is 30.3 Å². The first-order valence-corrected chi connectivity index (χ1v) is 6.76. The summed E-state index contributed by atoms with van der Waals surface area (Å²) >= 11 is 0. The monoisotopic (exact) mass is 232 g/mol. The highest BCUT2D eigenvalue weighted by atomic mass is 15.2. The fourth-order valence-corrected chi connectivity index (χ4v) is 2.51. The van der Waals surface area contributed by atoms with Crippen molar-refractivity contribution in [1.82, 2.24) is 9.80 Å². The molecule has 1 aliphatic rings. The van der Waals surface area contributed by atoms with Gasteiger partial charge < -0.3 is 0 Å². The van der Waals surface area contributed by atoms with Crippen LogP contribution < -0.4 is 0 Å². The minimum absolute atomic E-state index is 0.687. The third kappa shape index (κ3) is 3.83. The van der Waals surface area contributed by atoms with E-state index in [2.05, 4.69) is 54.0 Å². The molecular formula is C15H24N2. The molecule has 1 heterocycles.